The van der Waals surface area contributed by atoms with Crippen molar-refractivity contribution < 1.29 is 36.6 Å². The van der Waals surface area contributed by atoms with Gasteiger partial charge in [0.1, 0.15) is 24.2 Å². The molecule has 0 saturated carbocycles. The highest BCUT2D eigenvalue weighted by Gasteiger charge is 2.33. The van der Waals surface area contributed by atoms with E-state index in [4.69, 9.17) is 60.2 Å². The first-order valence-corrected chi connectivity index (χ1v) is 19.5. The van der Waals surface area contributed by atoms with Gasteiger partial charge in [0.25, 0.3) is 0 Å². The van der Waals surface area contributed by atoms with Crippen molar-refractivity contribution in [2.45, 2.75) is 45.6 Å². The lowest BCUT2D eigenvalue weighted by atomic mass is 10.0. The molecule has 0 saturated heterocycles. The third-order valence-corrected chi connectivity index (χ3v) is 11.7. The normalized spacial score (nSPS) is 13.9. The zero-order chi connectivity index (χ0) is 31.6. The number of hydrogen-bond acceptors (Lipinski definition) is 11. The van der Waals surface area contributed by atoms with Gasteiger partial charge in [-0.25, -0.2) is 4.31 Å². The molecule has 2 aromatic carbocycles. The van der Waals surface area contributed by atoms with E-state index in [-0.39, 0.29) is 19.5 Å². The van der Waals surface area contributed by atoms with Gasteiger partial charge in [-0.15, -0.1) is 6.58 Å². The minimum Gasteiger partial charge on any atom is -0.497 e. The molecule has 2 rings (SSSR count). The molecule has 0 heterocycles. The molecule has 2 aromatic rings. The predicted molar refractivity (Wildman–Crippen MR) is 180 cm³/mol. The molecule has 13 heteroatoms. The van der Waals surface area contributed by atoms with Crippen LogP contribution >= 0.6 is 13.4 Å². The third-order valence-electron chi connectivity index (χ3n) is 5.76. The number of likely N-dealkylation sites (N-methyl/N-ethyl adjacent to an activating group) is 1. The van der Waals surface area contributed by atoms with Crippen LogP contribution in [0.15, 0.2) is 61.2 Å². The predicted octanol–water partition coefficient (Wildman–Crippen LogP) is 7.30. The van der Waals surface area contributed by atoms with Gasteiger partial charge in [0.05, 0.1) is 26.9 Å². The van der Waals surface area contributed by atoms with Gasteiger partial charge in [-0.3, -0.25) is 4.52 Å². The number of aryl methyl sites for hydroxylation is 2. The minimum absolute atomic E-state index is 0.116. The van der Waals surface area contributed by atoms with Crippen LogP contribution in [0.4, 0.5) is 0 Å². The van der Waals surface area contributed by atoms with Crippen molar-refractivity contribution >= 4 is 37.1 Å². The number of para-hydroxylation sites is 1. The summed E-state index contributed by atoms with van der Waals surface area (Å²) in [4.78, 5) is 2.01. The molecule has 0 aliphatic heterocycles. The Hall–Kier alpha value is -1.20. The standard InChI is InChI=1S/C30H47NO8P2S2/c1-7-19-35-40(42,36-20-8-2)39-41(43,37-21-9-3)38-25-34-29(23-31(4)5)24-33-30-16-11-10-14-27(30)18-17-26-13-12-15-28(22-26)32-6/h9-16,22,29H,3,7-8,17-21,23-25H2,1-2,4-6H3/t29-,41?/m1/s1. The molecule has 0 fully saturated rings. The Morgan fingerprint density at radius 1 is 0.907 bits per heavy atom. The Morgan fingerprint density at radius 3 is 2.26 bits per heavy atom. The Bertz CT molecular complexity index is 1170. The molecule has 43 heavy (non-hydrogen) atoms. The summed E-state index contributed by atoms with van der Waals surface area (Å²) < 4.78 is 47.0. The number of nitrogens with zero attached hydrogens (tertiary/aromatic N) is 1. The third kappa shape index (κ3) is 15.1. The van der Waals surface area contributed by atoms with Crippen LogP contribution in [0.3, 0.4) is 0 Å². The SMILES string of the molecule is C=CCOP(=S)(OCO[C@@H](COc1ccccc1CCc1cccc(OC)c1)CN(C)C)OP(=S)(OCCC)OCCC. The fourth-order valence-electron chi connectivity index (χ4n) is 3.73. The van der Waals surface area contributed by atoms with Crippen LogP contribution in [0.25, 0.3) is 0 Å². The van der Waals surface area contributed by atoms with E-state index >= 15 is 0 Å². The minimum atomic E-state index is -3.39. The van der Waals surface area contributed by atoms with Gasteiger partial charge < -0.3 is 32.7 Å². The van der Waals surface area contributed by atoms with E-state index in [2.05, 4.69) is 24.8 Å². The van der Waals surface area contributed by atoms with Gasteiger partial charge >= 0.3 is 13.4 Å². The molecule has 0 spiro atoms. The van der Waals surface area contributed by atoms with E-state index in [1.165, 1.54) is 5.56 Å². The summed E-state index contributed by atoms with van der Waals surface area (Å²) in [5.41, 5.74) is 2.30. The molecule has 0 aliphatic rings. The molecule has 0 radical (unpaired) electrons. The van der Waals surface area contributed by atoms with E-state index in [1.807, 2.05) is 63.2 Å². The Kier molecular flexibility index (Phi) is 18.3. The second-order valence-corrected chi connectivity index (χ2v) is 16.0. The van der Waals surface area contributed by atoms with Crippen LogP contribution in [0, 0.1) is 0 Å². The van der Waals surface area contributed by atoms with Crippen molar-refractivity contribution in [2.24, 2.45) is 0 Å². The Morgan fingerprint density at radius 2 is 1.60 bits per heavy atom. The lowest BCUT2D eigenvalue weighted by Crippen LogP contribution is -2.34. The summed E-state index contributed by atoms with van der Waals surface area (Å²) in [6.07, 6.45) is 4.39. The van der Waals surface area contributed by atoms with E-state index in [0.717, 1.165) is 42.7 Å². The number of ether oxygens (including phenoxy) is 3. The lowest BCUT2D eigenvalue weighted by molar-refractivity contribution is -0.0652. The van der Waals surface area contributed by atoms with Gasteiger partial charge in [0.2, 0.25) is 0 Å². The molecule has 2 atom stereocenters. The van der Waals surface area contributed by atoms with Crippen LogP contribution in [0.5, 0.6) is 11.5 Å². The van der Waals surface area contributed by atoms with E-state index in [9.17, 15) is 0 Å². The first kappa shape index (κ1) is 38.0. The molecule has 0 aromatic heterocycles. The first-order valence-electron chi connectivity index (χ1n) is 14.4. The molecular weight excluding hydrogens is 628 g/mol. The summed E-state index contributed by atoms with van der Waals surface area (Å²) in [6.45, 7) is 2.61. The highest BCUT2D eigenvalue weighted by Crippen LogP contribution is 2.66. The maximum atomic E-state index is 6.27. The van der Waals surface area contributed by atoms with E-state index in [1.54, 1.807) is 13.2 Å². The van der Waals surface area contributed by atoms with Crippen molar-refractivity contribution in [3.8, 4) is 11.5 Å². The van der Waals surface area contributed by atoms with Crippen LogP contribution in [0.1, 0.15) is 37.8 Å². The van der Waals surface area contributed by atoms with Crippen LogP contribution in [-0.2, 0) is 63.6 Å². The van der Waals surface area contributed by atoms with Crippen LogP contribution < -0.4 is 9.47 Å². The van der Waals surface area contributed by atoms with Crippen LogP contribution in [0.2, 0.25) is 0 Å². The summed E-state index contributed by atoms with van der Waals surface area (Å²) in [5, 5.41) is 0. The lowest BCUT2D eigenvalue weighted by Gasteiger charge is -2.29. The molecule has 0 bridgehead atoms. The number of methoxy groups -OCH3 is 1. The molecule has 242 valence electrons. The highest BCUT2D eigenvalue weighted by molar-refractivity contribution is 8.14. The van der Waals surface area contributed by atoms with Gasteiger partial charge in [0, 0.05) is 6.54 Å². The fraction of sp³-hybridized carbons (Fsp3) is 0.533. The Balaban J connectivity index is 2.05. The quantitative estimate of drug-likeness (QED) is 0.0639. The molecule has 0 aliphatic carbocycles. The first-order chi connectivity index (χ1) is 20.7. The maximum Gasteiger partial charge on any atom is 0.336 e. The summed E-state index contributed by atoms with van der Waals surface area (Å²) in [5.74, 6) is 1.66. The van der Waals surface area contributed by atoms with Crippen molar-refractivity contribution in [2.75, 3.05) is 61.0 Å². The molecule has 1 unspecified atom stereocenters. The average Bonchev–Trinajstić information content (AvgIpc) is 3.00. The fourth-order valence-corrected chi connectivity index (χ4v) is 9.63. The van der Waals surface area contributed by atoms with Crippen molar-refractivity contribution in [3.05, 3.63) is 72.3 Å². The topological polar surface area (TPSA) is 77.1 Å². The molecule has 0 N–H and O–H groups in total. The summed E-state index contributed by atoms with van der Waals surface area (Å²) in [7, 11) is 5.60. The number of hydrogen-bond donors (Lipinski definition) is 0. The monoisotopic (exact) mass is 675 g/mol. The van der Waals surface area contributed by atoms with Gasteiger partial charge in [-0.2, -0.15) is 0 Å². The number of rotatable bonds is 24. The highest BCUT2D eigenvalue weighted by atomic mass is 32.5. The van der Waals surface area contributed by atoms with Gasteiger partial charge in [-0.05, 0) is 92.7 Å². The smallest absolute Gasteiger partial charge is 0.336 e. The zero-order valence-electron chi connectivity index (χ0n) is 26.0. The van der Waals surface area contributed by atoms with Crippen molar-refractivity contribution in [1.29, 1.82) is 0 Å². The largest absolute Gasteiger partial charge is 0.497 e. The van der Waals surface area contributed by atoms with E-state index < -0.39 is 13.4 Å². The van der Waals surface area contributed by atoms with Crippen molar-refractivity contribution in [1.82, 2.24) is 4.90 Å². The summed E-state index contributed by atoms with van der Waals surface area (Å²) >= 11 is 11.3. The second-order valence-electron chi connectivity index (χ2n) is 9.80. The second kappa shape index (κ2) is 20.8. The zero-order valence-corrected chi connectivity index (χ0v) is 29.4. The van der Waals surface area contributed by atoms with Gasteiger partial charge in [0.15, 0.2) is 6.79 Å². The van der Waals surface area contributed by atoms with Crippen molar-refractivity contribution in [3.63, 3.8) is 0 Å². The maximum absolute atomic E-state index is 6.27. The van der Waals surface area contributed by atoms with E-state index in [0.29, 0.717) is 26.4 Å². The van der Waals surface area contributed by atoms with Gasteiger partial charge in [-0.1, -0.05) is 50.3 Å². The Labute approximate surface area is 268 Å². The number of benzene rings is 2. The molecule has 0 amide bonds. The average molecular weight is 676 g/mol. The molecule has 9 nitrogen and oxygen atoms in total. The molecular formula is C30H47NO8P2S2. The summed E-state index contributed by atoms with van der Waals surface area (Å²) in [6, 6.07) is 16.1. The van der Waals surface area contributed by atoms with Crippen LogP contribution in [-0.4, -0.2) is 72.0 Å².